The third-order valence-electron chi connectivity index (χ3n) is 4.55. The van der Waals surface area contributed by atoms with Crippen LogP contribution in [-0.4, -0.2) is 27.2 Å². The molecule has 6 nitrogen and oxygen atoms in total. The van der Waals surface area contributed by atoms with Crippen LogP contribution < -0.4 is 10.2 Å². The number of rotatable bonds is 3. The van der Waals surface area contributed by atoms with Crippen molar-refractivity contribution in [1.82, 2.24) is 14.7 Å². The van der Waals surface area contributed by atoms with Crippen molar-refractivity contribution in [3.63, 3.8) is 0 Å². The van der Waals surface area contributed by atoms with Crippen molar-refractivity contribution in [2.45, 2.75) is 25.9 Å². The van der Waals surface area contributed by atoms with E-state index in [-0.39, 0.29) is 11.8 Å². The van der Waals surface area contributed by atoms with Crippen LogP contribution in [0.2, 0.25) is 0 Å². The Kier molecular flexibility index (Phi) is 3.72. The minimum Gasteiger partial charge on any atom is -0.350 e. The largest absolute Gasteiger partial charge is 0.350 e. The highest BCUT2D eigenvalue weighted by atomic mass is 16.2. The highest BCUT2D eigenvalue weighted by molar-refractivity contribution is 6.02. The van der Waals surface area contributed by atoms with Crippen LogP contribution >= 0.6 is 0 Å². The molecule has 6 heteroatoms. The molecule has 0 bridgehead atoms. The number of nitrogens with one attached hydrogen (secondary N) is 1. The number of imidazole rings is 1. The highest BCUT2D eigenvalue weighted by Gasteiger charge is 2.36. The predicted molar refractivity (Wildman–Crippen MR) is 94.1 cm³/mol. The van der Waals surface area contributed by atoms with Crippen LogP contribution in [0.25, 0.3) is 5.65 Å². The van der Waals surface area contributed by atoms with Gasteiger partial charge in [0.25, 0.3) is 0 Å². The Labute approximate surface area is 145 Å². The summed E-state index contributed by atoms with van der Waals surface area (Å²) in [5.74, 6) is -0.265. The molecule has 1 aromatic carbocycles. The van der Waals surface area contributed by atoms with Gasteiger partial charge in [-0.1, -0.05) is 18.2 Å². The molecule has 1 N–H and O–H groups in total. The number of hydrogen-bond donors (Lipinski definition) is 1. The van der Waals surface area contributed by atoms with Gasteiger partial charge < -0.3 is 9.72 Å². The number of pyridine rings is 1. The second kappa shape index (κ2) is 6.05. The summed E-state index contributed by atoms with van der Waals surface area (Å²) < 4.78 is 1.91. The Morgan fingerprint density at radius 1 is 1.24 bits per heavy atom. The highest BCUT2D eigenvalue weighted by Crippen LogP contribution is 2.32. The van der Waals surface area contributed by atoms with E-state index < -0.39 is 6.04 Å². The van der Waals surface area contributed by atoms with Gasteiger partial charge in [-0.05, 0) is 29.3 Å². The predicted octanol–water partition coefficient (Wildman–Crippen LogP) is 1.93. The van der Waals surface area contributed by atoms with E-state index in [1.165, 1.54) is 6.92 Å². The fourth-order valence-corrected chi connectivity index (χ4v) is 3.35. The third kappa shape index (κ3) is 2.76. The monoisotopic (exact) mass is 334 g/mol. The Hall–Kier alpha value is -3.15. The maximum Gasteiger partial charge on any atom is 0.243 e. The van der Waals surface area contributed by atoms with Crippen LogP contribution in [0, 0.1) is 0 Å². The zero-order chi connectivity index (χ0) is 17.4. The molecular weight excluding hydrogens is 316 g/mol. The van der Waals surface area contributed by atoms with E-state index in [0.29, 0.717) is 13.0 Å². The second-order valence-electron chi connectivity index (χ2n) is 6.18. The molecule has 3 heterocycles. The van der Waals surface area contributed by atoms with E-state index in [9.17, 15) is 9.59 Å². The van der Waals surface area contributed by atoms with Crippen molar-refractivity contribution < 1.29 is 9.59 Å². The summed E-state index contributed by atoms with van der Waals surface area (Å²) in [6.45, 7) is 1.90. The number of carbonyl (C=O) groups is 2. The maximum atomic E-state index is 12.7. The molecule has 1 aliphatic heterocycles. The quantitative estimate of drug-likeness (QED) is 0.796. The van der Waals surface area contributed by atoms with Gasteiger partial charge in [0, 0.05) is 44.2 Å². The number of hydrogen-bond acceptors (Lipinski definition) is 3. The van der Waals surface area contributed by atoms with Gasteiger partial charge in [0.2, 0.25) is 11.8 Å². The molecule has 0 radical (unpaired) electrons. The zero-order valence-electron chi connectivity index (χ0n) is 13.8. The molecule has 1 aliphatic rings. The molecule has 0 saturated carbocycles. The average Bonchev–Trinajstić information content (AvgIpc) is 3.23. The molecular formula is C19H18N4O2. The molecule has 2 amide bonds. The molecule has 0 unspecified atom stereocenters. The molecule has 0 aliphatic carbocycles. The number of para-hydroxylation sites is 1. The minimum absolute atomic E-state index is 0.121. The summed E-state index contributed by atoms with van der Waals surface area (Å²) in [4.78, 5) is 30.6. The van der Waals surface area contributed by atoms with Crippen molar-refractivity contribution in [2.75, 3.05) is 4.90 Å². The van der Waals surface area contributed by atoms with Gasteiger partial charge in [-0.25, -0.2) is 4.98 Å². The molecule has 2 aromatic heterocycles. The van der Waals surface area contributed by atoms with Crippen LogP contribution in [0.15, 0.2) is 55.0 Å². The van der Waals surface area contributed by atoms with E-state index in [0.717, 1.165) is 22.5 Å². The van der Waals surface area contributed by atoms with Crippen molar-refractivity contribution in [3.8, 4) is 0 Å². The Morgan fingerprint density at radius 2 is 2.08 bits per heavy atom. The molecule has 25 heavy (non-hydrogen) atoms. The fourth-order valence-electron chi connectivity index (χ4n) is 3.35. The molecule has 0 spiro atoms. The summed E-state index contributed by atoms with van der Waals surface area (Å²) in [6, 6.07) is 11.0. The average molecular weight is 334 g/mol. The summed E-state index contributed by atoms with van der Waals surface area (Å²) in [7, 11) is 0. The van der Waals surface area contributed by atoms with E-state index in [2.05, 4.69) is 10.3 Å². The lowest BCUT2D eigenvalue weighted by atomic mass is 10.1. The van der Waals surface area contributed by atoms with Gasteiger partial charge in [-0.3, -0.25) is 14.5 Å². The first-order chi connectivity index (χ1) is 12.1. The number of amides is 2. The van der Waals surface area contributed by atoms with Crippen LogP contribution in [0.5, 0.6) is 0 Å². The number of carbonyl (C=O) groups excluding carboxylic acids is 2. The number of aromatic nitrogens is 2. The summed E-state index contributed by atoms with van der Waals surface area (Å²) in [5, 5.41) is 2.95. The topological polar surface area (TPSA) is 66.7 Å². The SMILES string of the molecule is CC(=O)N1c2ccccc2C[C@H]1C(=O)NCc1ccn2ccnc2c1. The van der Waals surface area contributed by atoms with Gasteiger partial charge in [-0.15, -0.1) is 0 Å². The van der Waals surface area contributed by atoms with Crippen molar-refractivity contribution in [1.29, 1.82) is 0 Å². The lowest BCUT2D eigenvalue weighted by Gasteiger charge is -2.23. The minimum atomic E-state index is -0.495. The van der Waals surface area contributed by atoms with Gasteiger partial charge >= 0.3 is 0 Å². The van der Waals surface area contributed by atoms with Gasteiger partial charge in [-0.2, -0.15) is 0 Å². The van der Waals surface area contributed by atoms with E-state index in [1.807, 2.05) is 53.2 Å². The third-order valence-corrected chi connectivity index (χ3v) is 4.55. The van der Waals surface area contributed by atoms with E-state index >= 15 is 0 Å². The van der Waals surface area contributed by atoms with Crippen molar-refractivity contribution in [3.05, 3.63) is 66.1 Å². The van der Waals surface area contributed by atoms with Crippen LogP contribution in [-0.2, 0) is 22.6 Å². The summed E-state index contributed by atoms with van der Waals surface area (Å²) >= 11 is 0. The lowest BCUT2D eigenvalue weighted by Crippen LogP contribution is -2.47. The summed E-state index contributed by atoms with van der Waals surface area (Å²) in [5.41, 5.74) is 3.66. The Balaban J connectivity index is 1.50. The lowest BCUT2D eigenvalue weighted by molar-refractivity contribution is -0.125. The number of benzene rings is 1. The molecule has 126 valence electrons. The first-order valence-electron chi connectivity index (χ1n) is 8.20. The Bertz CT molecular complexity index is 963. The normalized spacial score (nSPS) is 16.0. The van der Waals surface area contributed by atoms with Gasteiger partial charge in [0.15, 0.2) is 0 Å². The number of anilines is 1. The molecule has 1 atom stereocenters. The molecule has 3 aromatic rings. The van der Waals surface area contributed by atoms with Crippen molar-refractivity contribution in [2.24, 2.45) is 0 Å². The number of nitrogens with zero attached hydrogens (tertiary/aromatic N) is 3. The zero-order valence-corrected chi connectivity index (χ0v) is 13.8. The van der Waals surface area contributed by atoms with E-state index in [1.54, 1.807) is 11.1 Å². The fraction of sp³-hybridized carbons (Fsp3) is 0.211. The number of fused-ring (bicyclic) bond motifs is 2. The maximum absolute atomic E-state index is 12.7. The Morgan fingerprint density at radius 3 is 2.92 bits per heavy atom. The summed E-state index contributed by atoms with van der Waals surface area (Å²) in [6.07, 6.45) is 6.06. The van der Waals surface area contributed by atoms with Crippen molar-refractivity contribution >= 4 is 23.1 Å². The standard InChI is InChI=1S/C19H18N4O2/c1-13(24)23-16-5-3-2-4-15(16)11-17(23)19(25)21-12-14-6-8-22-9-7-20-18(22)10-14/h2-10,17H,11-12H2,1H3,(H,21,25)/t17-/m0/s1. The first-order valence-corrected chi connectivity index (χ1v) is 8.20. The van der Waals surface area contributed by atoms with E-state index in [4.69, 9.17) is 0 Å². The first kappa shape index (κ1) is 15.4. The second-order valence-corrected chi connectivity index (χ2v) is 6.18. The van der Waals surface area contributed by atoms with Crippen LogP contribution in [0.4, 0.5) is 5.69 Å². The van der Waals surface area contributed by atoms with Crippen LogP contribution in [0.3, 0.4) is 0 Å². The molecule has 0 fully saturated rings. The smallest absolute Gasteiger partial charge is 0.243 e. The van der Waals surface area contributed by atoms with Gasteiger partial charge in [0.1, 0.15) is 11.7 Å². The van der Waals surface area contributed by atoms with Crippen LogP contribution in [0.1, 0.15) is 18.1 Å². The van der Waals surface area contributed by atoms with Gasteiger partial charge in [0.05, 0.1) is 0 Å². The molecule has 4 rings (SSSR count). The molecule has 0 saturated heterocycles.